The summed E-state index contributed by atoms with van der Waals surface area (Å²) in [6.07, 6.45) is 1.79. The van der Waals surface area contributed by atoms with Crippen LogP contribution in [0.2, 0.25) is 0 Å². The molecule has 0 radical (unpaired) electrons. The van der Waals surface area contributed by atoms with Gasteiger partial charge in [-0.3, -0.25) is 10.3 Å². The first-order valence-electron chi connectivity index (χ1n) is 4.88. The van der Waals surface area contributed by atoms with Crippen molar-refractivity contribution in [1.29, 1.82) is 5.41 Å². The van der Waals surface area contributed by atoms with E-state index >= 15 is 0 Å². The molecule has 1 aliphatic heterocycles. The standard InChI is InChI=1S/C9H19N3O/c1-2-8-7-13-6-5-12(8)4-3-9(10)11/h8H,2-7H2,1H3,(H3,10,11). The minimum absolute atomic E-state index is 0.279. The second-order valence-corrected chi connectivity index (χ2v) is 3.45. The van der Waals surface area contributed by atoms with E-state index in [0.29, 0.717) is 12.5 Å². The number of rotatable bonds is 4. The Balaban J connectivity index is 2.31. The molecule has 0 saturated carbocycles. The molecule has 1 atom stereocenters. The van der Waals surface area contributed by atoms with Crippen molar-refractivity contribution in [3.8, 4) is 0 Å². The topological polar surface area (TPSA) is 62.3 Å². The van der Waals surface area contributed by atoms with Crippen molar-refractivity contribution >= 4 is 5.84 Å². The van der Waals surface area contributed by atoms with Crippen LogP contribution in [0.5, 0.6) is 0 Å². The van der Waals surface area contributed by atoms with Crippen LogP contribution < -0.4 is 5.73 Å². The van der Waals surface area contributed by atoms with Crippen molar-refractivity contribution in [1.82, 2.24) is 4.90 Å². The van der Waals surface area contributed by atoms with E-state index in [9.17, 15) is 0 Å². The third-order valence-corrected chi connectivity index (χ3v) is 2.49. The average Bonchev–Trinajstić information content (AvgIpc) is 2.15. The van der Waals surface area contributed by atoms with E-state index in [1.807, 2.05) is 0 Å². The van der Waals surface area contributed by atoms with Crippen molar-refractivity contribution in [3.05, 3.63) is 0 Å². The molecule has 0 spiro atoms. The number of hydrogen-bond donors (Lipinski definition) is 2. The lowest BCUT2D eigenvalue weighted by atomic mass is 10.1. The fraction of sp³-hybridized carbons (Fsp3) is 0.889. The Hall–Kier alpha value is -0.610. The zero-order valence-electron chi connectivity index (χ0n) is 8.25. The molecule has 0 bridgehead atoms. The summed E-state index contributed by atoms with van der Waals surface area (Å²) in [5.74, 6) is 0.279. The summed E-state index contributed by atoms with van der Waals surface area (Å²) in [5, 5.41) is 7.16. The second-order valence-electron chi connectivity index (χ2n) is 3.45. The summed E-state index contributed by atoms with van der Waals surface area (Å²) in [6, 6.07) is 0.521. The third-order valence-electron chi connectivity index (χ3n) is 2.49. The van der Waals surface area contributed by atoms with E-state index in [4.69, 9.17) is 15.9 Å². The Bertz CT molecular complexity index is 172. The molecule has 3 N–H and O–H groups in total. The van der Waals surface area contributed by atoms with Gasteiger partial charge in [-0.05, 0) is 6.42 Å². The number of nitrogens with one attached hydrogen (secondary N) is 1. The van der Waals surface area contributed by atoms with Crippen LogP contribution in [0.4, 0.5) is 0 Å². The van der Waals surface area contributed by atoms with Crippen LogP contribution >= 0.6 is 0 Å². The minimum atomic E-state index is 0.279. The van der Waals surface area contributed by atoms with Gasteiger partial charge < -0.3 is 10.5 Å². The third kappa shape index (κ3) is 3.32. The molecule has 0 aromatic carbocycles. The van der Waals surface area contributed by atoms with Crippen LogP contribution in [-0.2, 0) is 4.74 Å². The maximum atomic E-state index is 7.16. The highest BCUT2D eigenvalue weighted by Gasteiger charge is 2.20. The van der Waals surface area contributed by atoms with E-state index in [0.717, 1.165) is 32.7 Å². The Morgan fingerprint density at radius 2 is 2.46 bits per heavy atom. The zero-order valence-corrected chi connectivity index (χ0v) is 8.25. The van der Waals surface area contributed by atoms with Crippen molar-refractivity contribution in [3.63, 3.8) is 0 Å². The maximum absolute atomic E-state index is 7.16. The quantitative estimate of drug-likeness (QED) is 0.493. The summed E-state index contributed by atoms with van der Waals surface area (Å²) >= 11 is 0. The molecule has 1 saturated heterocycles. The molecule has 1 unspecified atom stereocenters. The maximum Gasteiger partial charge on any atom is 0.0918 e. The van der Waals surface area contributed by atoms with Crippen LogP contribution in [0, 0.1) is 5.41 Å². The van der Waals surface area contributed by atoms with Crippen molar-refractivity contribution in [2.75, 3.05) is 26.3 Å². The van der Waals surface area contributed by atoms with Crippen molar-refractivity contribution < 1.29 is 4.74 Å². The molecule has 0 aromatic rings. The first-order chi connectivity index (χ1) is 6.24. The Labute approximate surface area is 79.6 Å². The highest BCUT2D eigenvalue weighted by molar-refractivity contribution is 5.76. The van der Waals surface area contributed by atoms with Gasteiger partial charge >= 0.3 is 0 Å². The predicted molar refractivity (Wildman–Crippen MR) is 53.0 cm³/mol. The van der Waals surface area contributed by atoms with E-state index in [1.165, 1.54) is 0 Å². The van der Waals surface area contributed by atoms with Crippen molar-refractivity contribution in [2.45, 2.75) is 25.8 Å². The van der Waals surface area contributed by atoms with Gasteiger partial charge in [0.25, 0.3) is 0 Å². The summed E-state index contributed by atoms with van der Waals surface area (Å²) in [7, 11) is 0. The SMILES string of the molecule is CCC1COCCN1CCC(=N)N. The predicted octanol–water partition coefficient (Wildman–Crippen LogP) is 0.423. The zero-order chi connectivity index (χ0) is 9.68. The van der Waals surface area contributed by atoms with Crippen molar-refractivity contribution in [2.24, 2.45) is 5.73 Å². The largest absolute Gasteiger partial charge is 0.388 e. The Kier molecular flexibility index (Phi) is 4.18. The molecule has 1 rings (SSSR count). The van der Waals surface area contributed by atoms with Crippen LogP contribution in [-0.4, -0.2) is 43.1 Å². The van der Waals surface area contributed by atoms with Gasteiger partial charge in [-0.1, -0.05) is 6.92 Å². The number of nitrogens with zero attached hydrogens (tertiary/aromatic N) is 1. The molecule has 4 heteroatoms. The van der Waals surface area contributed by atoms with E-state index in [2.05, 4.69) is 11.8 Å². The highest BCUT2D eigenvalue weighted by atomic mass is 16.5. The molecule has 0 aliphatic carbocycles. The number of nitrogens with two attached hydrogens (primary N) is 1. The fourth-order valence-electron chi connectivity index (χ4n) is 1.62. The summed E-state index contributed by atoms with van der Waals surface area (Å²) in [4.78, 5) is 2.37. The smallest absolute Gasteiger partial charge is 0.0918 e. The first kappa shape index (κ1) is 10.5. The van der Waals surface area contributed by atoms with Crippen LogP contribution in [0.3, 0.4) is 0 Å². The molecular weight excluding hydrogens is 166 g/mol. The lowest BCUT2D eigenvalue weighted by molar-refractivity contribution is -0.00720. The van der Waals surface area contributed by atoms with Crippen LogP contribution in [0.15, 0.2) is 0 Å². The lowest BCUT2D eigenvalue weighted by Gasteiger charge is -2.34. The molecule has 4 nitrogen and oxygen atoms in total. The van der Waals surface area contributed by atoms with E-state index < -0.39 is 0 Å². The number of ether oxygens (including phenoxy) is 1. The van der Waals surface area contributed by atoms with Gasteiger partial charge in [0.2, 0.25) is 0 Å². The number of amidine groups is 1. The van der Waals surface area contributed by atoms with Gasteiger partial charge in [0.1, 0.15) is 0 Å². The average molecular weight is 185 g/mol. The molecule has 76 valence electrons. The normalized spacial score (nSPS) is 24.5. The molecule has 0 amide bonds. The molecule has 1 aliphatic rings. The summed E-state index contributed by atoms with van der Waals surface area (Å²) in [5.41, 5.74) is 5.32. The Morgan fingerprint density at radius 3 is 3.08 bits per heavy atom. The molecular formula is C9H19N3O. The molecule has 13 heavy (non-hydrogen) atoms. The van der Waals surface area contributed by atoms with Gasteiger partial charge in [-0.2, -0.15) is 0 Å². The second kappa shape index (κ2) is 5.19. The number of hydrogen-bond acceptors (Lipinski definition) is 3. The number of morpholine rings is 1. The minimum Gasteiger partial charge on any atom is -0.388 e. The van der Waals surface area contributed by atoms with Gasteiger partial charge in [0, 0.05) is 25.6 Å². The summed E-state index contributed by atoms with van der Waals surface area (Å²) < 4.78 is 5.38. The fourth-order valence-corrected chi connectivity index (χ4v) is 1.62. The molecule has 0 aromatic heterocycles. The monoisotopic (exact) mass is 185 g/mol. The van der Waals surface area contributed by atoms with Gasteiger partial charge in [0.15, 0.2) is 0 Å². The molecule has 1 heterocycles. The van der Waals surface area contributed by atoms with Gasteiger partial charge in [0.05, 0.1) is 19.0 Å². The first-order valence-corrected chi connectivity index (χ1v) is 4.88. The Morgan fingerprint density at radius 1 is 1.69 bits per heavy atom. The highest BCUT2D eigenvalue weighted by Crippen LogP contribution is 2.10. The van der Waals surface area contributed by atoms with Crippen LogP contribution in [0.25, 0.3) is 0 Å². The van der Waals surface area contributed by atoms with Gasteiger partial charge in [-0.15, -0.1) is 0 Å². The van der Waals surface area contributed by atoms with Gasteiger partial charge in [-0.25, -0.2) is 0 Å². The summed E-state index contributed by atoms with van der Waals surface area (Å²) in [6.45, 7) is 5.69. The van der Waals surface area contributed by atoms with Crippen LogP contribution in [0.1, 0.15) is 19.8 Å². The van der Waals surface area contributed by atoms with E-state index in [1.54, 1.807) is 0 Å². The van der Waals surface area contributed by atoms with E-state index in [-0.39, 0.29) is 5.84 Å². The lowest BCUT2D eigenvalue weighted by Crippen LogP contribution is -2.46. The molecule has 1 fully saturated rings.